The van der Waals surface area contributed by atoms with Crippen molar-refractivity contribution in [1.82, 2.24) is 10.2 Å². The summed E-state index contributed by atoms with van der Waals surface area (Å²) < 4.78 is 32.6. The van der Waals surface area contributed by atoms with Crippen LogP contribution in [-0.2, 0) is 26.0 Å². The number of nitrogens with one attached hydrogen (secondary N) is 1. The Balaban J connectivity index is 1.56. The average Bonchev–Trinajstić information content (AvgIpc) is 2.91. The third-order valence-corrected chi connectivity index (χ3v) is 7.60. The Morgan fingerprint density at radius 2 is 1.44 bits per heavy atom. The van der Waals surface area contributed by atoms with Crippen LogP contribution in [0.25, 0.3) is 10.8 Å². The molecule has 0 aliphatic carbocycles. The van der Waals surface area contributed by atoms with Crippen LogP contribution in [0.5, 0.6) is 0 Å². The van der Waals surface area contributed by atoms with Crippen molar-refractivity contribution >= 4 is 32.6 Å². The predicted molar refractivity (Wildman–Crippen MR) is 138 cm³/mol. The van der Waals surface area contributed by atoms with Gasteiger partial charge in [-0.25, -0.2) is 13.2 Å². The van der Waals surface area contributed by atoms with E-state index in [1.165, 1.54) is 19.2 Å². The summed E-state index contributed by atoms with van der Waals surface area (Å²) in [6, 6.07) is 29.8. The first-order chi connectivity index (χ1) is 17.4. The second kappa shape index (κ2) is 11.0. The lowest BCUT2D eigenvalue weighted by atomic mass is 10.0. The Hall–Kier alpha value is -4.17. The van der Waals surface area contributed by atoms with E-state index in [0.29, 0.717) is 10.9 Å². The molecule has 1 unspecified atom stereocenters. The van der Waals surface area contributed by atoms with Crippen LogP contribution in [0.15, 0.2) is 108 Å². The molecule has 184 valence electrons. The normalized spacial score (nSPS) is 12.0. The number of rotatable bonds is 8. The van der Waals surface area contributed by atoms with Crippen LogP contribution in [0.3, 0.4) is 0 Å². The zero-order valence-corrected chi connectivity index (χ0v) is 20.5. The first-order valence-corrected chi connectivity index (χ1v) is 12.9. The van der Waals surface area contributed by atoms with Gasteiger partial charge < -0.3 is 15.0 Å². The van der Waals surface area contributed by atoms with Gasteiger partial charge in [-0.05, 0) is 34.0 Å². The van der Waals surface area contributed by atoms with Crippen molar-refractivity contribution in [3.63, 3.8) is 0 Å². The maximum absolute atomic E-state index is 13.7. The molecule has 0 aliphatic rings. The van der Waals surface area contributed by atoms with Crippen LogP contribution in [0.1, 0.15) is 16.5 Å². The van der Waals surface area contributed by atoms with Crippen molar-refractivity contribution in [2.45, 2.75) is 16.9 Å². The summed E-state index contributed by atoms with van der Waals surface area (Å²) in [5.74, 6) is -0.633. The second-order valence-corrected chi connectivity index (χ2v) is 10.3. The maximum Gasteiger partial charge on any atom is 0.410 e. The molecule has 1 atom stereocenters. The Morgan fingerprint density at radius 3 is 2.17 bits per heavy atom. The molecule has 0 spiro atoms. The zero-order valence-electron chi connectivity index (χ0n) is 19.7. The number of ether oxygens (including phenoxy) is 1. The second-order valence-electron chi connectivity index (χ2n) is 8.27. The largest absolute Gasteiger partial charge is 0.445 e. The van der Waals surface area contributed by atoms with E-state index in [1.54, 1.807) is 30.3 Å². The topological polar surface area (TPSA) is 92.8 Å². The molecule has 0 saturated carbocycles. The molecule has 36 heavy (non-hydrogen) atoms. The lowest BCUT2D eigenvalue weighted by Crippen LogP contribution is -2.42. The van der Waals surface area contributed by atoms with E-state index in [2.05, 4.69) is 5.32 Å². The van der Waals surface area contributed by atoms with E-state index in [9.17, 15) is 18.0 Å². The molecule has 8 heteroatoms. The van der Waals surface area contributed by atoms with Gasteiger partial charge in [-0.15, -0.1) is 0 Å². The predicted octanol–water partition coefficient (Wildman–Crippen LogP) is 4.70. The number of fused-ring (bicyclic) bond motifs is 1. The lowest BCUT2D eigenvalue weighted by molar-refractivity contribution is -0.122. The monoisotopic (exact) mass is 502 g/mol. The van der Waals surface area contributed by atoms with Crippen molar-refractivity contribution in [3.05, 3.63) is 114 Å². The number of carbonyl (C=O) groups is 2. The quantitative estimate of drug-likeness (QED) is 0.377. The highest BCUT2D eigenvalue weighted by Crippen LogP contribution is 2.31. The Labute approximate surface area is 210 Å². The molecule has 4 aromatic carbocycles. The van der Waals surface area contributed by atoms with Crippen molar-refractivity contribution in [1.29, 1.82) is 0 Å². The van der Waals surface area contributed by atoms with Gasteiger partial charge in [0.15, 0.2) is 5.37 Å². The average molecular weight is 503 g/mol. The minimum absolute atomic E-state index is 0.0622. The fraction of sp³-hybridized carbons (Fsp3) is 0.143. The van der Waals surface area contributed by atoms with Gasteiger partial charge in [0.25, 0.3) is 0 Å². The van der Waals surface area contributed by atoms with Gasteiger partial charge in [-0.1, -0.05) is 91.0 Å². The van der Waals surface area contributed by atoms with Gasteiger partial charge in [-0.2, -0.15) is 0 Å². The number of hydrogen-bond donors (Lipinski definition) is 1. The van der Waals surface area contributed by atoms with Gasteiger partial charge >= 0.3 is 6.09 Å². The van der Waals surface area contributed by atoms with Gasteiger partial charge in [0.2, 0.25) is 15.7 Å². The third-order valence-electron chi connectivity index (χ3n) is 5.68. The molecule has 0 aromatic heterocycles. The number of hydrogen-bond acceptors (Lipinski definition) is 5. The first kappa shape index (κ1) is 24.9. The molecular weight excluding hydrogens is 476 g/mol. The number of amides is 2. The zero-order chi connectivity index (χ0) is 25.5. The number of sulfone groups is 1. The summed E-state index contributed by atoms with van der Waals surface area (Å²) in [6.45, 7) is -0.314. The lowest BCUT2D eigenvalue weighted by Gasteiger charge is -2.23. The van der Waals surface area contributed by atoms with Gasteiger partial charge in [0.1, 0.15) is 13.2 Å². The Morgan fingerprint density at radius 1 is 0.833 bits per heavy atom. The van der Waals surface area contributed by atoms with E-state index in [4.69, 9.17) is 4.74 Å². The standard InChI is InChI=1S/C28H26N2O5S/c1-30(28(32)35-20-21-11-4-2-5-12-21)19-26(31)29-27(36(33,34)23-15-6-3-7-16-23)25-18-10-14-22-13-8-9-17-24(22)25/h2-18,27H,19-20H2,1H3,(H,29,31). The highest BCUT2D eigenvalue weighted by molar-refractivity contribution is 7.91. The van der Waals surface area contributed by atoms with Crippen LogP contribution >= 0.6 is 0 Å². The van der Waals surface area contributed by atoms with Crippen LogP contribution in [0, 0.1) is 0 Å². The number of carbonyl (C=O) groups excluding carboxylic acids is 2. The summed E-state index contributed by atoms with van der Waals surface area (Å²) in [6.07, 6.45) is -0.693. The molecule has 0 radical (unpaired) electrons. The van der Waals surface area contributed by atoms with E-state index < -0.39 is 27.2 Å². The van der Waals surface area contributed by atoms with Gasteiger partial charge in [0.05, 0.1) is 4.90 Å². The molecule has 0 heterocycles. The van der Waals surface area contributed by atoms with Crippen LogP contribution < -0.4 is 5.32 Å². The summed E-state index contributed by atoms with van der Waals surface area (Å²) in [5, 5.41) is 2.85. The van der Waals surface area contributed by atoms with E-state index in [1.807, 2.05) is 60.7 Å². The highest BCUT2D eigenvalue weighted by Gasteiger charge is 2.32. The first-order valence-electron chi connectivity index (χ1n) is 11.3. The molecule has 0 aliphatic heterocycles. The van der Waals surface area contributed by atoms with Gasteiger partial charge in [-0.3, -0.25) is 4.79 Å². The molecule has 7 nitrogen and oxygen atoms in total. The minimum Gasteiger partial charge on any atom is -0.445 e. The Kier molecular flexibility index (Phi) is 7.65. The summed E-state index contributed by atoms with van der Waals surface area (Å²) >= 11 is 0. The van der Waals surface area contributed by atoms with Gasteiger partial charge in [0, 0.05) is 7.05 Å². The minimum atomic E-state index is -4.01. The summed E-state index contributed by atoms with van der Waals surface area (Å²) in [7, 11) is -2.59. The number of benzene rings is 4. The van der Waals surface area contributed by atoms with Crippen molar-refractivity contribution in [3.8, 4) is 0 Å². The molecule has 1 N–H and O–H groups in total. The molecule has 4 rings (SSSR count). The van der Waals surface area contributed by atoms with Crippen molar-refractivity contribution in [2.75, 3.05) is 13.6 Å². The molecule has 2 amide bonds. The van der Waals surface area contributed by atoms with Crippen molar-refractivity contribution in [2.24, 2.45) is 0 Å². The fourth-order valence-electron chi connectivity index (χ4n) is 3.85. The Bertz CT molecular complexity index is 1450. The summed E-state index contributed by atoms with van der Waals surface area (Å²) in [4.78, 5) is 26.6. The molecule has 0 fully saturated rings. The number of likely N-dealkylation sites (N-methyl/N-ethyl adjacent to an activating group) is 1. The summed E-state index contributed by atoms with van der Waals surface area (Å²) in [5.41, 5.74) is 1.26. The van der Waals surface area contributed by atoms with Crippen LogP contribution in [-0.4, -0.2) is 38.9 Å². The van der Waals surface area contributed by atoms with Crippen molar-refractivity contribution < 1.29 is 22.7 Å². The third kappa shape index (κ3) is 5.72. The molecule has 0 saturated heterocycles. The SMILES string of the molecule is CN(CC(=O)NC(c1cccc2ccccc12)S(=O)(=O)c1ccccc1)C(=O)OCc1ccccc1. The smallest absolute Gasteiger partial charge is 0.410 e. The molecule has 4 aromatic rings. The number of nitrogens with zero attached hydrogens (tertiary/aromatic N) is 1. The van der Waals surface area contributed by atoms with E-state index >= 15 is 0 Å². The van der Waals surface area contributed by atoms with Crippen LogP contribution in [0.2, 0.25) is 0 Å². The molecule has 0 bridgehead atoms. The highest BCUT2D eigenvalue weighted by atomic mass is 32.2. The van der Waals surface area contributed by atoms with Crippen LogP contribution in [0.4, 0.5) is 4.79 Å². The fourth-order valence-corrected chi connectivity index (χ4v) is 5.48. The maximum atomic E-state index is 13.7. The van der Waals surface area contributed by atoms with E-state index in [0.717, 1.165) is 15.8 Å². The van der Waals surface area contributed by atoms with E-state index in [-0.39, 0.29) is 18.0 Å². The molecular formula is C28H26N2O5S.